The van der Waals surface area contributed by atoms with Gasteiger partial charge in [0.15, 0.2) is 0 Å². The number of ether oxygens (including phenoxy) is 1. The second-order valence-electron chi connectivity index (χ2n) is 6.97. The monoisotopic (exact) mass is 392 g/mol. The van der Waals surface area contributed by atoms with Crippen LogP contribution in [-0.2, 0) is 16.0 Å². The van der Waals surface area contributed by atoms with Crippen molar-refractivity contribution in [3.05, 3.63) is 53.1 Å². The van der Waals surface area contributed by atoms with Crippen LogP contribution < -0.4 is 5.32 Å². The Labute approximate surface area is 161 Å². The van der Waals surface area contributed by atoms with Crippen LogP contribution in [0, 0.1) is 17.6 Å². The molecule has 2 amide bonds. The second-order valence-corrected chi connectivity index (χ2v) is 6.97. The van der Waals surface area contributed by atoms with E-state index in [2.05, 4.69) is 15.3 Å². The molecule has 0 spiro atoms. The number of halogens is 2. The zero-order valence-electron chi connectivity index (χ0n) is 15.8. The minimum absolute atomic E-state index is 0.128. The number of methoxy groups -OCH3 is 1. The van der Waals surface area contributed by atoms with Crippen molar-refractivity contribution in [3.63, 3.8) is 0 Å². The smallest absolute Gasteiger partial charge is 0.328 e. The van der Waals surface area contributed by atoms with Gasteiger partial charge in [-0.25, -0.2) is 23.4 Å². The van der Waals surface area contributed by atoms with Crippen LogP contribution in [0.3, 0.4) is 0 Å². The van der Waals surface area contributed by atoms with Gasteiger partial charge in [-0.3, -0.25) is 0 Å². The SMILES string of the molecule is COC(=O)[C@H](NC(=O)N1CCc2[nH]cnc2[C@H]1c1ccc(F)cc1F)C(C)C. The summed E-state index contributed by atoms with van der Waals surface area (Å²) in [6.07, 6.45) is 1.97. The van der Waals surface area contributed by atoms with E-state index in [-0.39, 0.29) is 18.0 Å². The van der Waals surface area contributed by atoms with Crippen LogP contribution in [-0.4, -0.2) is 46.6 Å². The molecular weight excluding hydrogens is 370 g/mol. The summed E-state index contributed by atoms with van der Waals surface area (Å²) in [7, 11) is 1.25. The number of carbonyl (C=O) groups is 2. The number of H-pyrrole nitrogens is 1. The highest BCUT2D eigenvalue weighted by Crippen LogP contribution is 2.35. The number of imidazole rings is 1. The van der Waals surface area contributed by atoms with Crippen LogP contribution in [0.15, 0.2) is 24.5 Å². The summed E-state index contributed by atoms with van der Waals surface area (Å²) < 4.78 is 32.7. The predicted octanol–water partition coefficient (Wildman–Crippen LogP) is 2.54. The third-order valence-electron chi connectivity index (χ3n) is 4.84. The Hall–Kier alpha value is -2.97. The molecule has 150 valence electrons. The molecule has 9 heteroatoms. The maximum absolute atomic E-state index is 14.5. The summed E-state index contributed by atoms with van der Waals surface area (Å²) in [5.41, 5.74) is 1.40. The Morgan fingerprint density at radius 2 is 2.11 bits per heavy atom. The first-order valence-electron chi connectivity index (χ1n) is 8.95. The van der Waals surface area contributed by atoms with Crippen molar-refractivity contribution >= 4 is 12.0 Å². The van der Waals surface area contributed by atoms with E-state index in [1.54, 1.807) is 13.8 Å². The zero-order chi connectivity index (χ0) is 20.4. The van der Waals surface area contributed by atoms with Crippen LogP contribution in [0.1, 0.15) is 36.8 Å². The number of nitrogens with zero attached hydrogens (tertiary/aromatic N) is 2. The molecule has 1 aliphatic rings. The summed E-state index contributed by atoms with van der Waals surface area (Å²) in [6.45, 7) is 3.83. The molecule has 0 radical (unpaired) electrons. The number of carbonyl (C=O) groups excluding carboxylic acids is 2. The molecule has 0 bridgehead atoms. The third-order valence-corrected chi connectivity index (χ3v) is 4.84. The fraction of sp³-hybridized carbons (Fsp3) is 0.421. The molecule has 0 aliphatic carbocycles. The summed E-state index contributed by atoms with van der Waals surface area (Å²) in [5, 5.41) is 2.67. The van der Waals surface area contributed by atoms with Crippen LogP contribution in [0.5, 0.6) is 0 Å². The average Bonchev–Trinajstić information content (AvgIpc) is 3.13. The second kappa shape index (κ2) is 7.95. The predicted molar refractivity (Wildman–Crippen MR) is 96.4 cm³/mol. The first kappa shape index (κ1) is 19.8. The van der Waals surface area contributed by atoms with E-state index in [1.807, 2.05) is 0 Å². The molecule has 2 N–H and O–H groups in total. The number of hydrogen-bond donors (Lipinski definition) is 2. The number of benzene rings is 1. The Bertz CT molecular complexity index is 884. The maximum Gasteiger partial charge on any atom is 0.328 e. The van der Waals surface area contributed by atoms with Crippen LogP contribution in [0.25, 0.3) is 0 Å². The van der Waals surface area contributed by atoms with Gasteiger partial charge in [-0.1, -0.05) is 19.9 Å². The fourth-order valence-electron chi connectivity index (χ4n) is 3.37. The molecule has 28 heavy (non-hydrogen) atoms. The van der Waals surface area contributed by atoms with Crippen molar-refractivity contribution in [1.82, 2.24) is 20.2 Å². The molecule has 0 unspecified atom stereocenters. The topological polar surface area (TPSA) is 87.3 Å². The van der Waals surface area contributed by atoms with Crippen LogP contribution in [0.2, 0.25) is 0 Å². The zero-order valence-corrected chi connectivity index (χ0v) is 15.8. The van der Waals surface area contributed by atoms with E-state index in [1.165, 1.54) is 24.4 Å². The summed E-state index contributed by atoms with van der Waals surface area (Å²) in [6, 6.07) is 0.974. The van der Waals surface area contributed by atoms with E-state index >= 15 is 0 Å². The minimum atomic E-state index is -0.850. The molecule has 0 saturated carbocycles. The van der Waals surface area contributed by atoms with Crippen molar-refractivity contribution in [2.45, 2.75) is 32.4 Å². The highest BCUT2D eigenvalue weighted by atomic mass is 19.1. The van der Waals surface area contributed by atoms with Crippen molar-refractivity contribution < 1.29 is 23.1 Å². The lowest BCUT2D eigenvalue weighted by atomic mass is 9.95. The number of rotatable bonds is 4. The number of hydrogen-bond acceptors (Lipinski definition) is 4. The lowest BCUT2D eigenvalue weighted by Crippen LogP contribution is -2.53. The Morgan fingerprint density at radius 1 is 1.36 bits per heavy atom. The number of aromatic amines is 1. The van der Waals surface area contributed by atoms with E-state index < -0.39 is 35.7 Å². The average molecular weight is 392 g/mol. The first-order chi connectivity index (χ1) is 13.3. The molecular formula is C19H22F2N4O3. The van der Waals surface area contributed by atoms with Crippen LogP contribution in [0.4, 0.5) is 13.6 Å². The van der Waals surface area contributed by atoms with Gasteiger partial charge in [0.2, 0.25) is 0 Å². The largest absolute Gasteiger partial charge is 0.467 e. The Balaban J connectivity index is 1.96. The van der Waals surface area contributed by atoms with Gasteiger partial charge in [-0.15, -0.1) is 0 Å². The number of fused-ring (bicyclic) bond motifs is 1. The fourth-order valence-corrected chi connectivity index (χ4v) is 3.37. The quantitative estimate of drug-likeness (QED) is 0.783. The molecule has 7 nitrogen and oxygen atoms in total. The van der Waals surface area contributed by atoms with Crippen LogP contribution >= 0.6 is 0 Å². The maximum atomic E-state index is 14.5. The van der Waals surface area contributed by atoms with E-state index in [0.29, 0.717) is 12.1 Å². The minimum Gasteiger partial charge on any atom is -0.467 e. The van der Waals surface area contributed by atoms with E-state index in [9.17, 15) is 18.4 Å². The lowest BCUT2D eigenvalue weighted by molar-refractivity contribution is -0.144. The van der Waals surface area contributed by atoms with Gasteiger partial charge in [-0.2, -0.15) is 0 Å². The van der Waals surface area contributed by atoms with Gasteiger partial charge in [-0.05, 0) is 12.0 Å². The number of esters is 1. The van der Waals surface area contributed by atoms with Crippen molar-refractivity contribution in [1.29, 1.82) is 0 Å². The first-order valence-corrected chi connectivity index (χ1v) is 8.95. The molecule has 2 heterocycles. The normalized spacial score (nSPS) is 17.2. The molecule has 2 aromatic rings. The summed E-state index contributed by atoms with van der Waals surface area (Å²) in [5.74, 6) is -2.25. The number of urea groups is 1. The highest BCUT2D eigenvalue weighted by Gasteiger charge is 2.37. The molecule has 3 rings (SSSR count). The van der Waals surface area contributed by atoms with Gasteiger partial charge in [0.05, 0.1) is 19.1 Å². The van der Waals surface area contributed by atoms with Gasteiger partial charge < -0.3 is 19.9 Å². The van der Waals surface area contributed by atoms with Gasteiger partial charge in [0.25, 0.3) is 0 Å². The van der Waals surface area contributed by atoms with Gasteiger partial charge >= 0.3 is 12.0 Å². The molecule has 0 fully saturated rings. The molecule has 0 saturated heterocycles. The summed E-state index contributed by atoms with van der Waals surface area (Å²) in [4.78, 5) is 33.6. The Kier molecular flexibility index (Phi) is 5.62. The molecule has 1 aromatic heterocycles. The summed E-state index contributed by atoms with van der Waals surface area (Å²) >= 11 is 0. The molecule has 1 aromatic carbocycles. The molecule has 1 aliphatic heterocycles. The highest BCUT2D eigenvalue weighted by molar-refractivity contribution is 5.84. The van der Waals surface area contributed by atoms with Crippen molar-refractivity contribution in [2.75, 3.05) is 13.7 Å². The van der Waals surface area contributed by atoms with Gasteiger partial charge in [0.1, 0.15) is 23.7 Å². The number of amides is 2. The lowest BCUT2D eigenvalue weighted by Gasteiger charge is -2.36. The van der Waals surface area contributed by atoms with Crippen molar-refractivity contribution in [2.24, 2.45) is 5.92 Å². The molecule has 2 atom stereocenters. The third kappa shape index (κ3) is 3.69. The van der Waals surface area contributed by atoms with E-state index in [0.717, 1.165) is 17.8 Å². The standard InChI is InChI=1S/C19H22F2N4O3/c1-10(2)15(18(26)28-3)24-19(27)25-7-6-14-16(23-9-22-14)17(25)12-5-4-11(20)8-13(12)21/h4-5,8-10,15,17H,6-7H2,1-3H3,(H,22,23)(H,24,27)/t15-,17-/m1/s1. The number of nitrogens with one attached hydrogen (secondary N) is 2. The van der Waals surface area contributed by atoms with Crippen molar-refractivity contribution in [3.8, 4) is 0 Å². The number of aromatic nitrogens is 2. The van der Waals surface area contributed by atoms with E-state index in [4.69, 9.17) is 4.74 Å². The Morgan fingerprint density at radius 3 is 2.75 bits per heavy atom. The van der Waals surface area contributed by atoms with Gasteiger partial charge in [0, 0.05) is 30.3 Å².